The van der Waals surface area contributed by atoms with E-state index in [-0.39, 0.29) is 6.04 Å². The van der Waals surface area contributed by atoms with Crippen LogP contribution in [0.1, 0.15) is 27.2 Å². The van der Waals surface area contributed by atoms with Crippen molar-refractivity contribution in [3.8, 4) is 0 Å². The van der Waals surface area contributed by atoms with Crippen molar-refractivity contribution >= 4 is 34.5 Å². The van der Waals surface area contributed by atoms with E-state index in [9.17, 15) is 0 Å². The van der Waals surface area contributed by atoms with Crippen LogP contribution in [-0.4, -0.2) is 4.98 Å². The molecule has 0 radical (unpaired) electrons. The molecule has 5 heteroatoms. The number of rotatable bonds is 2. The lowest BCUT2D eigenvalue weighted by molar-refractivity contribution is 0.852. The van der Waals surface area contributed by atoms with Crippen LogP contribution in [0.4, 0.5) is 0 Å². The molecule has 2 nitrogen and oxygen atoms in total. The van der Waals surface area contributed by atoms with Crippen LogP contribution < -0.4 is 5.73 Å². The Kier molecular flexibility index (Phi) is 3.73. The first-order valence-corrected chi connectivity index (χ1v) is 6.71. The molecule has 0 aliphatic heterocycles. The zero-order valence-electron chi connectivity index (χ0n) is 9.50. The van der Waals surface area contributed by atoms with Crippen LogP contribution in [0, 0.1) is 13.8 Å². The van der Waals surface area contributed by atoms with Gasteiger partial charge in [-0.3, -0.25) is 0 Å². The van der Waals surface area contributed by atoms with Crippen molar-refractivity contribution in [2.75, 3.05) is 0 Å². The Balaban J connectivity index is 2.47. The largest absolute Gasteiger partial charge is 0.318 e. The second-order valence-electron chi connectivity index (χ2n) is 3.81. The van der Waals surface area contributed by atoms with Crippen molar-refractivity contribution < 1.29 is 0 Å². The van der Waals surface area contributed by atoms with Crippen molar-refractivity contribution in [2.45, 2.75) is 19.9 Å². The van der Waals surface area contributed by atoms with Gasteiger partial charge < -0.3 is 5.73 Å². The van der Waals surface area contributed by atoms with E-state index in [1.54, 1.807) is 29.5 Å². The van der Waals surface area contributed by atoms with E-state index in [0.717, 1.165) is 16.3 Å². The summed E-state index contributed by atoms with van der Waals surface area (Å²) < 4.78 is 0. The summed E-state index contributed by atoms with van der Waals surface area (Å²) in [6.45, 7) is 3.99. The minimum Gasteiger partial charge on any atom is -0.318 e. The van der Waals surface area contributed by atoms with Crippen molar-refractivity contribution in [2.24, 2.45) is 5.73 Å². The topological polar surface area (TPSA) is 38.9 Å². The molecule has 90 valence electrons. The van der Waals surface area contributed by atoms with Crippen molar-refractivity contribution in [3.63, 3.8) is 0 Å². The molecule has 0 aliphatic carbocycles. The van der Waals surface area contributed by atoms with E-state index in [1.807, 2.05) is 13.8 Å². The molecule has 1 aromatic carbocycles. The van der Waals surface area contributed by atoms with E-state index in [2.05, 4.69) is 4.98 Å². The van der Waals surface area contributed by atoms with Gasteiger partial charge in [0.1, 0.15) is 5.01 Å². The van der Waals surface area contributed by atoms with Gasteiger partial charge in [-0.05, 0) is 26.0 Å². The van der Waals surface area contributed by atoms with E-state index >= 15 is 0 Å². The Hall–Kier alpha value is -0.610. The normalized spacial score (nSPS) is 12.8. The summed E-state index contributed by atoms with van der Waals surface area (Å²) >= 11 is 13.8. The highest BCUT2D eigenvalue weighted by Crippen LogP contribution is 2.34. The van der Waals surface area contributed by atoms with Gasteiger partial charge in [0.15, 0.2) is 0 Å². The fourth-order valence-electron chi connectivity index (χ4n) is 1.56. The molecule has 1 aromatic heterocycles. The summed E-state index contributed by atoms with van der Waals surface area (Å²) in [5.74, 6) is 0. The highest BCUT2D eigenvalue weighted by atomic mass is 35.5. The van der Waals surface area contributed by atoms with Crippen molar-refractivity contribution in [1.82, 2.24) is 4.98 Å². The number of thiazole rings is 1. The van der Waals surface area contributed by atoms with Gasteiger partial charge in [-0.1, -0.05) is 29.3 Å². The monoisotopic (exact) mass is 286 g/mol. The lowest BCUT2D eigenvalue weighted by atomic mass is 10.1. The molecule has 0 spiro atoms. The quantitative estimate of drug-likeness (QED) is 0.902. The van der Waals surface area contributed by atoms with Gasteiger partial charge in [0, 0.05) is 20.5 Å². The number of nitrogens with zero attached hydrogens (tertiary/aromatic N) is 1. The average molecular weight is 287 g/mol. The predicted octanol–water partition coefficient (Wildman–Crippen LogP) is 4.11. The van der Waals surface area contributed by atoms with E-state index < -0.39 is 0 Å². The van der Waals surface area contributed by atoms with Gasteiger partial charge in [0.05, 0.1) is 11.7 Å². The summed E-state index contributed by atoms with van der Waals surface area (Å²) in [7, 11) is 0. The van der Waals surface area contributed by atoms with Crippen LogP contribution in [0.25, 0.3) is 0 Å². The highest BCUT2D eigenvalue weighted by Gasteiger charge is 2.19. The molecule has 1 atom stereocenters. The summed E-state index contributed by atoms with van der Waals surface area (Å²) in [5, 5.41) is 2.00. The predicted molar refractivity (Wildman–Crippen MR) is 74.1 cm³/mol. The Bertz CT molecular complexity index is 512. The van der Waals surface area contributed by atoms with Crippen LogP contribution in [-0.2, 0) is 0 Å². The molecule has 0 saturated carbocycles. The molecule has 0 aliphatic rings. The van der Waals surface area contributed by atoms with E-state index in [1.165, 1.54) is 4.88 Å². The lowest BCUT2D eigenvalue weighted by Gasteiger charge is -2.12. The second kappa shape index (κ2) is 4.94. The Morgan fingerprint density at radius 3 is 2.29 bits per heavy atom. The van der Waals surface area contributed by atoms with Gasteiger partial charge in [-0.25, -0.2) is 4.98 Å². The number of nitrogens with two attached hydrogens (primary N) is 1. The molecule has 2 N–H and O–H groups in total. The van der Waals surface area contributed by atoms with Crippen molar-refractivity contribution in [1.29, 1.82) is 0 Å². The molecule has 0 bridgehead atoms. The zero-order chi connectivity index (χ0) is 12.6. The third kappa shape index (κ3) is 2.47. The Morgan fingerprint density at radius 2 is 1.82 bits per heavy atom. The Morgan fingerprint density at radius 1 is 1.24 bits per heavy atom. The van der Waals surface area contributed by atoms with Crippen LogP contribution in [0.15, 0.2) is 18.2 Å². The van der Waals surface area contributed by atoms with Gasteiger partial charge in [0.25, 0.3) is 0 Å². The summed E-state index contributed by atoms with van der Waals surface area (Å²) in [6, 6.07) is 5.01. The molecule has 0 fully saturated rings. The highest BCUT2D eigenvalue weighted by molar-refractivity contribution is 7.11. The number of hydrogen-bond donors (Lipinski definition) is 1. The number of hydrogen-bond acceptors (Lipinski definition) is 3. The molecule has 1 unspecified atom stereocenters. The zero-order valence-corrected chi connectivity index (χ0v) is 11.8. The maximum atomic E-state index is 6.18. The number of aryl methyl sites for hydroxylation is 2. The number of benzene rings is 1. The van der Waals surface area contributed by atoms with Crippen LogP contribution in [0.3, 0.4) is 0 Å². The first-order chi connectivity index (χ1) is 8.00. The molecular formula is C12H12Cl2N2S. The maximum Gasteiger partial charge on any atom is 0.115 e. The van der Waals surface area contributed by atoms with Crippen LogP contribution >= 0.6 is 34.5 Å². The molecule has 2 aromatic rings. The fraction of sp³-hybridized carbons (Fsp3) is 0.250. The standard InChI is InChI=1S/C12H12Cl2N2S/c1-6-7(2)17-12(16-6)11(15)10-8(13)4-3-5-9(10)14/h3-5,11H,15H2,1-2H3. The maximum absolute atomic E-state index is 6.18. The van der Waals surface area contributed by atoms with E-state index in [4.69, 9.17) is 28.9 Å². The third-order valence-electron chi connectivity index (χ3n) is 2.62. The summed E-state index contributed by atoms with van der Waals surface area (Å²) in [4.78, 5) is 5.61. The van der Waals surface area contributed by atoms with Gasteiger partial charge >= 0.3 is 0 Å². The molecule has 0 amide bonds. The van der Waals surface area contributed by atoms with Gasteiger partial charge in [0.2, 0.25) is 0 Å². The SMILES string of the molecule is Cc1nc(C(N)c2c(Cl)cccc2Cl)sc1C. The molecule has 1 heterocycles. The van der Waals surface area contributed by atoms with Crippen LogP contribution in [0.2, 0.25) is 10.0 Å². The number of aromatic nitrogens is 1. The second-order valence-corrected chi connectivity index (χ2v) is 5.86. The molecule has 17 heavy (non-hydrogen) atoms. The van der Waals surface area contributed by atoms with Crippen LogP contribution in [0.5, 0.6) is 0 Å². The first kappa shape index (κ1) is 12.8. The van der Waals surface area contributed by atoms with Gasteiger partial charge in [-0.2, -0.15) is 0 Å². The smallest absolute Gasteiger partial charge is 0.115 e. The lowest BCUT2D eigenvalue weighted by Crippen LogP contribution is -2.12. The van der Waals surface area contributed by atoms with Crippen molar-refractivity contribution in [3.05, 3.63) is 49.4 Å². The summed E-state index contributed by atoms with van der Waals surface area (Å²) in [6.07, 6.45) is 0. The molecular weight excluding hydrogens is 275 g/mol. The molecule has 2 rings (SSSR count). The molecule has 0 saturated heterocycles. The third-order valence-corrected chi connectivity index (χ3v) is 4.44. The fourth-order valence-corrected chi connectivity index (χ4v) is 3.13. The van der Waals surface area contributed by atoms with Gasteiger partial charge in [-0.15, -0.1) is 11.3 Å². The minimum atomic E-state index is -0.367. The minimum absolute atomic E-state index is 0.367. The Labute approximate surface area is 114 Å². The first-order valence-electron chi connectivity index (χ1n) is 5.14. The summed E-state index contributed by atoms with van der Waals surface area (Å²) in [5.41, 5.74) is 7.92. The van der Waals surface area contributed by atoms with E-state index in [0.29, 0.717) is 10.0 Å². The number of halogens is 2. The average Bonchev–Trinajstić information content (AvgIpc) is 2.59.